The second-order valence-electron chi connectivity index (χ2n) is 8.33. The normalized spacial score (nSPS) is 21.3. The van der Waals surface area contributed by atoms with Crippen LogP contribution in [-0.4, -0.2) is 0 Å². The lowest BCUT2D eigenvalue weighted by Gasteiger charge is -2.35. The van der Waals surface area contributed by atoms with Crippen molar-refractivity contribution in [3.05, 3.63) is 0 Å². The van der Waals surface area contributed by atoms with Gasteiger partial charge in [0, 0.05) is 0 Å². The quantitative estimate of drug-likeness (QED) is 0.484. The highest BCUT2D eigenvalue weighted by Gasteiger charge is 2.33. The van der Waals surface area contributed by atoms with E-state index in [0.29, 0.717) is 0 Å². The number of hydrogen-bond acceptors (Lipinski definition) is 0. The minimum Gasteiger partial charge on any atom is -0.0683 e. The molecule has 1 aliphatic rings. The molecule has 0 heterocycles. The first kappa shape index (κ1) is 27.8. The van der Waals surface area contributed by atoms with Gasteiger partial charge in [-0.05, 0) is 54.3 Å². The molecule has 3 unspecified atom stereocenters. The van der Waals surface area contributed by atoms with Crippen molar-refractivity contribution in [3.8, 4) is 0 Å². The van der Waals surface area contributed by atoms with Crippen molar-refractivity contribution in [2.75, 3.05) is 0 Å². The Bertz CT molecular complexity index is 203. The smallest absolute Gasteiger partial charge is 0.0340 e. The van der Waals surface area contributed by atoms with E-state index in [1.807, 2.05) is 27.7 Å². The van der Waals surface area contributed by atoms with Gasteiger partial charge in [-0.3, -0.25) is 0 Å². The molecule has 0 aromatic heterocycles. The molecule has 0 radical (unpaired) electrons. The molecule has 0 nitrogen and oxygen atoms in total. The largest absolute Gasteiger partial charge is 0.0683 e. The SMILES string of the molecule is CC.CC.CC(C)C.CC1CCC(C(C)C(C(C)C)C(C)C)C1. The van der Waals surface area contributed by atoms with Crippen molar-refractivity contribution < 1.29 is 0 Å². The Labute approximate surface area is 151 Å². The van der Waals surface area contributed by atoms with Gasteiger partial charge < -0.3 is 0 Å². The fourth-order valence-electron chi connectivity index (χ4n) is 4.03. The summed E-state index contributed by atoms with van der Waals surface area (Å²) >= 11 is 0. The van der Waals surface area contributed by atoms with Crippen LogP contribution in [0.15, 0.2) is 0 Å². The van der Waals surface area contributed by atoms with Crippen molar-refractivity contribution in [1.82, 2.24) is 0 Å². The monoisotopic (exact) mass is 328 g/mol. The summed E-state index contributed by atoms with van der Waals surface area (Å²) in [4.78, 5) is 0. The number of hydrogen-bond donors (Lipinski definition) is 0. The van der Waals surface area contributed by atoms with Gasteiger partial charge in [0.2, 0.25) is 0 Å². The summed E-state index contributed by atoms with van der Waals surface area (Å²) < 4.78 is 0. The zero-order valence-electron chi connectivity index (χ0n) is 19.2. The van der Waals surface area contributed by atoms with Crippen LogP contribution in [0.4, 0.5) is 0 Å². The van der Waals surface area contributed by atoms with Crippen molar-refractivity contribution in [2.45, 2.75) is 109 Å². The molecular weight excluding hydrogens is 276 g/mol. The van der Waals surface area contributed by atoms with E-state index < -0.39 is 0 Å². The zero-order chi connectivity index (χ0) is 19.2. The molecule has 0 aliphatic heterocycles. The lowest BCUT2D eigenvalue weighted by Crippen LogP contribution is -2.28. The van der Waals surface area contributed by atoms with Crippen LogP contribution in [0.5, 0.6) is 0 Å². The topological polar surface area (TPSA) is 0 Å². The molecule has 1 fully saturated rings. The van der Waals surface area contributed by atoms with Gasteiger partial charge in [-0.15, -0.1) is 0 Å². The average molecular weight is 329 g/mol. The van der Waals surface area contributed by atoms with Gasteiger partial charge in [0.15, 0.2) is 0 Å². The summed E-state index contributed by atoms with van der Waals surface area (Å²) in [6.07, 6.45) is 4.44. The van der Waals surface area contributed by atoms with Gasteiger partial charge in [0.25, 0.3) is 0 Å². The summed E-state index contributed by atoms with van der Waals surface area (Å²) in [5.74, 6) is 6.36. The van der Waals surface area contributed by atoms with Crippen LogP contribution in [-0.2, 0) is 0 Å². The molecule has 0 N–H and O–H groups in total. The molecule has 0 spiro atoms. The minimum atomic E-state index is 0.833. The molecule has 0 aromatic carbocycles. The van der Waals surface area contributed by atoms with Gasteiger partial charge in [-0.1, -0.05) is 96.4 Å². The zero-order valence-corrected chi connectivity index (χ0v) is 19.2. The third kappa shape index (κ3) is 14.1. The van der Waals surface area contributed by atoms with Gasteiger partial charge in [-0.25, -0.2) is 0 Å². The Balaban J connectivity index is -0.000000426. The lowest BCUT2D eigenvalue weighted by atomic mass is 9.71. The standard InChI is InChI=1S/C15H30.C4H10.2C2H6/c1-10(2)15(11(3)4)13(6)14-8-7-12(5)9-14;1-4(2)3;2*1-2/h10-15H,7-9H2,1-6H3;4H,1-3H3;2*1-2H3. The molecule has 0 bridgehead atoms. The van der Waals surface area contributed by atoms with Gasteiger partial charge in [-0.2, -0.15) is 0 Å². The Kier molecular flexibility index (Phi) is 20.4. The van der Waals surface area contributed by atoms with Crippen LogP contribution < -0.4 is 0 Å². The van der Waals surface area contributed by atoms with E-state index in [9.17, 15) is 0 Å². The summed E-state index contributed by atoms with van der Waals surface area (Å²) in [7, 11) is 0. The van der Waals surface area contributed by atoms with Crippen LogP contribution in [0.25, 0.3) is 0 Å². The maximum atomic E-state index is 2.51. The van der Waals surface area contributed by atoms with Crippen LogP contribution in [0, 0.1) is 41.4 Å². The molecule has 1 aliphatic carbocycles. The highest BCUT2D eigenvalue weighted by Crippen LogP contribution is 2.42. The second-order valence-corrected chi connectivity index (χ2v) is 8.33. The van der Waals surface area contributed by atoms with E-state index in [-0.39, 0.29) is 0 Å². The van der Waals surface area contributed by atoms with E-state index >= 15 is 0 Å². The van der Waals surface area contributed by atoms with Crippen molar-refractivity contribution in [3.63, 3.8) is 0 Å². The second kappa shape index (κ2) is 16.8. The van der Waals surface area contributed by atoms with Gasteiger partial charge in [0.05, 0.1) is 0 Å². The maximum Gasteiger partial charge on any atom is -0.0340 e. The van der Waals surface area contributed by atoms with Gasteiger partial charge in [0.1, 0.15) is 0 Å². The van der Waals surface area contributed by atoms with Crippen molar-refractivity contribution in [2.24, 2.45) is 41.4 Å². The Morgan fingerprint density at radius 3 is 1.22 bits per heavy atom. The Morgan fingerprint density at radius 1 is 0.652 bits per heavy atom. The fourth-order valence-corrected chi connectivity index (χ4v) is 4.03. The van der Waals surface area contributed by atoms with E-state index in [4.69, 9.17) is 0 Å². The van der Waals surface area contributed by atoms with E-state index in [0.717, 1.165) is 41.4 Å². The molecule has 3 atom stereocenters. The van der Waals surface area contributed by atoms with Crippen LogP contribution >= 0.6 is 0 Å². The summed E-state index contributed by atoms with van der Waals surface area (Å²) in [6.45, 7) is 29.0. The third-order valence-electron chi connectivity index (χ3n) is 4.63. The van der Waals surface area contributed by atoms with Crippen LogP contribution in [0.2, 0.25) is 0 Å². The number of rotatable bonds is 4. The fraction of sp³-hybridized carbons (Fsp3) is 1.00. The molecule has 0 heteroatoms. The molecule has 144 valence electrons. The highest BCUT2D eigenvalue weighted by molar-refractivity contribution is 4.83. The molecule has 0 amide bonds. The molecule has 0 saturated heterocycles. The Morgan fingerprint density at radius 2 is 1.00 bits per heavy atom. The van der Waals surface area contributed by atoms with Crippen LogP contribution in [0.1, 0.15) is 109 Å². The van der Waals surface area contributed by atoms with Crippen molar-refractivity contribution >= 4 is 0 Å². The molecule has 1 saturated carbocycles. The highest BCUT2D eigenvalue weighted by atomic mass is 14.4. The predicted octanol–water partition coefficient (Wildman–Crippen LogP) is 8.70. The van der Waals surface area contributed by atoms with E-state index in [2.05, 4.69) is 62.3 Å². The van der Waals surface area contributed by atoms with Crippen molar-refractivity contribution in [1.29, 1.82) is 0 Å². The predicted molar refractivity (Wildman–Crippen MR) is 112 cm³/mol. The average Bonchev–Trinajstić information content (AvgIpc) is 2.88. The van der Waals surface area contributed by atoms with Crippen LogP contribution in [0.3, 0.4) is 0 Å². The lowest BCUT2D eigenvalue weighted by molar-refractivity contribution is 0.143. The molecule has 1 rings (SSSR count). The summed E-state index contributed by atoms with van der Waals surface area (Å²) in [5.41, 5.74) is 0. The van der Waals surface area contributed by atoms with E-state index in [1.165, 1.54) is 19.3 Å². The molecule has 0 aromatic rings. The molecule has 23 heavy (non-hydrogen) atoms. The summed E-state index contributed by atoms with van der Waals surface area (Å²) in [6, 6.07) is 0. The first-order valence-electron chi connectivity index (χ1n) is 10.7. The third-order valence-corrected chi connectivity index (χ3v) is 4.63. The van der Waals surface area contributed by atoms with E-state index in [1.54, 1.807) is 0 Å². The Hall–Kier alpha value is 0. The first-order valence-corrected chi connectivity index (χ1v) is 10.7. The minimum absolute atomic E-state index is 0.833. The molecular formula is C23H52. The summed E-state index contributed by atoms with van der Waals surface area (Å²) in [5, 5.41) is 0. The first-order chi connectivity index (χ1) is 10.7. The maximum absolute atomic E-state index is 2.51. The van der Waals surface area contributed by atoms with Gasteiger partial charge >= 0.3 is 0 Å².